The third-order valence-electron chi connectivity index (χ3n) is 1.23. The van der Waals surface area contributed by atoms with Crippen LogP contribution in [0.3, 0.4) is 0 Å². The molecule has 0 aromatic carbocycles. The molecular formula is C9H15N. The molecular weight excluding hydrogens is 122 g/mol. The van der Waals surface area contributed by atoms with E-state index in [4.69, 9.17) is 0 Å². The molecule has 0 bridgehead atoms. The minimum atomic E-state index is 1.18. The zero-order chi connectivity index (χ0) is 7.98. The maximum absolute atomic E-state index is 3.70. The average molecular weight is 137 g/mol. The molecule has 0 aliphatic heterocycles. The predicted molar refractivity (Wildman–Crippen MR) is 46.8 cm³/mol. The van der Waals surface area contributed by atoms with Crippen molar-refractivity contribution in [1.82, 2.24) is 5.32 Å². The van der Waals surface area contributed by atoms with Crippen molar-refractivity contribution < 1.29 is 0 Å². The van der Waals surface area contributed by atoms with Gasteiger partial charge in [-0.1, -0.05) is 18.2 Å². The monoisotopic (exact) mass is 137 g/mol. The van der Waals surface area contributed by atoms with E-state index in [9.17, 15) is 0 Å². The van der Waals surface area contributed by atoms with Crippen LogP contribution in [0.15, 0.2) is 36.1 Å². The summed E-state index contributed by atoms with van der Waals surface area (Å²) in [5, 5.41) is 2.92. The van der Waals surface area contributed by atoms with Gasteiger partial charge in [0.25, 0.3) is 0 Å². The molecule has 0 aromatic heterocycles. The Morgan fingerprint density at radius 1 is 1.40 bits per heavy atom. The van der Waals surface area contributed by atoms with Crippen LogP contribution in [0, 0.1) is 0 Å². The first kappa shape index (κ1) is 9.02. The predicted octanol–water partition coefficient (Wildman–Crippen LogP) is 2.24. The van der Waals surface area contributed by atoms with E-state index in [1.165, 1.54) is 11.1 Å². The summed E-state index contributed by atoms with van der Waals surface area (Å²) < 4.78 is 0. The van der Waals surface area contributed by atoms with Crippen molar-refractivity contribution in [2.45, 2.75) is 13.8 Å². The summed E-state index contributed by atoms with van der Waals surface area (Å²) >= 11 is 0. The summed E-state index contributed by atoms with van der Waals surface area (Å²) in [5.41, 5.74) is 2.45. The van der Waals surface area contributed by atoms with E-state index in [0.29, 0.717) is 0 Å². The van der Waals surface area contributed by atoms with Crippen molar-refractivity contribution in [1.29, 1.82) is 0 Å². The van der Waals surface area contributed by atoms with Gasteiger partial charge in [0.05, 0.1) is 0 Å². The lowest BCUT2D eigenvalue weighted by Gasteiger charge is -1.95. The molecule has 0 saturated carbocycles. The van der Waals surface area contributed by atoms with Crippen LogP contribution in [0.5, 0.6) is 0 Å². The van der Waals surface area contributed by atoms with Crippen molar-refractivity contribution in [3.63, 3.8) is 0 Å². The molecule has 0 amide bonds. The molecule has 0 aliphatic rings. The molecule has 1 heteroatoms. The van der Waals surface area contributed by atoms with Crippen LogP contribution in [-0.2, 0) is 0 Å². The fourth-order valence-corrected chi connectivity index (χ4v) is 0.612. The summed E-state index contributed by atoms with van der Waals surface area (Å²) in [5.74, 6) is 0. The fourth-order valence-electron chi connectivity index (χ4n) is 0.612. The lowest BCUT2D eigenvalue weighted by Crippen LogP contribution is -1.91. The second-order valence-electron chi connectivity index (χ2n) is 2.28. The molecule has 0 rings (SSSR count). The van der Waals surface area contributed by atoms with Gasteiger partial charge in [-0.25, -0.2) is 0 Å². The van der Waals surface area contributed by atoms with Crippen molar-refractivity contribution in [3.05, 3.63) is 36.1 Å². The fraction of sp³-hybridized carbons (Fsp3) is 0.333. The number of hydrogen-bond donors (Lipinski definition) is 1. The highest BCUT2D eigenvalue weighted by molar-refractivity contribution is 5.32. The molecule has 0 atom stereocenters. The Morgan fingerprint density at radius 3 is 2.30 bits per heavy atom. The van der Waals surface area contributed by atoms with E-state index in [2.05, 4.69) is 25.7 Å². The Balaban J connectivity index is 4.24. The lowest BCUT2D eigenvalue weighted by molar-refractivity contribution is 1.10. The van der Waals surface area contributed by atoms with Crippen molar-refractivity contribution in [2.75, 3.05) is 7.05 Å². The Hall–Kier alpha value is -0.980. The Morgan fingerprint density at radius 2 is 2.00 bits per heavy atom. The second kappa shape index (κ2) is 4.86. The zero-order valence-corrected chi connectivity index (χ0v) is 6.94. The van der Waals surface area contributed by atoms with E-state index in [0.717, 1.165) is 0 Å². The van der Waals surface area contributed by atoms with Crippen LogP contribution < -0.4 is 5.32 Å². The topological polar surface area (TPSA) is 12.0 Å². The number of allylic oxidation sites excluding steroid dienone is 4. The first-order valence-corrected chi connectivity index (χ1v) is 3.36. The van der Waals surface area contributed by atoms with Gasteiger partial charge in [-0.05, 0) is 31.7 Å². The molecule has 1 N–H and O–H groups in total. The second-order valence-corrected chi connectivity index (χ2v) is 2.28. The molecule has 10 heavy (non-hydrogen) atoms. The number of hydrogen-bond acceptors (Lipinski definition) is 1. The highest BCUT2D eigenvalue weighted by Gasteiger charge is 1.85. The zero-order valence-electron chi connectivity index (χ0n) is 6.94. The summed E-state index contributed by atoms with van der Waals surface area (Å²) in [4.78, 5) is 0. The van der Waals surface area contributed by atoms with Crippen LogP contribution in [-0.4, -0.2) is 7.05 Å². The molecule has 0 aliphatic carbocycles. The first-order chi connectivity index (χ1) is 4.72. The van der Waals surface area contributed by atoms with E-state index in [-0.39, 0.29) is 0 Å². The van der Waals surface area contributed by atoms with Crippen molar-refractivity contribution in [3.8, 4) is 0 Å². The minimum absolute atomic E-state index is 1.18. The number of nitrogens with one attached hydrogen (secondary N) is 1. The Labute approximate surface area is 63.1 Å². The van der Waals surface area contributed by atoms with Gasteiger partial charge >= 0.3 is 0 Å². The van der Waals surface area contributed by atoms with Gasteiger partial charge in [-0.3, -0.25) is 0 Å². The van der Waals surface area contributed by atoms with Gasteiger partial charge in [0.15, 0.2) is 0 Å². The summed E-state index contributed by atoms with van der Waals surface area (Å²) in [6, 6.07) is 0. The Kier molecular flexibility index (Phi) is 4.38. The van der Waals surface area contributed by atoms with Gasteiger partial charge in [0, 0.05) is 7.05 Å². The molecule has 1 nitrogen and oxygen atoms in total. The number of rotatable bonds is 3. The quantitative estimate of drug-likeness (QED) is 0.588. The molecule has 56 valence electrons. The van der Waals surface area contributed by atoms with Gasteiger partial charge in [-0.15, -0.1) is 0 Å². The van der Waals surface area contributed by atoms with E-state index in [1.54, 1.807) is 0 Å². The molecule has 0 saturated heterocycles. The smallest absolute Gasteiger partial charge is 0.00277 e. The van der Waals surface area contributed by atoms with Crippen LogP contribution in [0.1, 0.15) is 13.8 Å². The molecule has 0 radical (unpaired) electrons. The van der Waals surface area contributed by atoms with Crippen LogP contribution >= 0.6 is 0 Å². The molecule has 0 fully saturated rings. The first-order valence-electron chi connectivity index (χ1n) is 3.36. The third kappa shape index (κ3) is 3.13. The maximum atomic E-state index is 3.70. The molecule has 0 spiro atoms. The summed E-state index contributed by atoms with van der Waals surface area (Å²) in [6.45, 7) is 7.83. The van der Waals surface area contributed by atoms with Crippen LogP contribution in [0.25, 0.3) is 0 Å². The molecule has 0 aromatic rings. The minimum Gasteiger partial charge on any atom is -0.394 e. The Bertz CT molecular complexity index is 160. The highest BCUT2D eigenvalue weighted by atomic mass is 14.8. The van der Waals surface area contributed by atoms with E-state index < -0.39 is 0 Å². The largest absolute Gasteiger partial charge is 0.394 e. The van der Waals surface area contributed by atoms with Gasteiger partial charge < -0.3 is 5.32 Å². The summed E-state index contributed by atoms with van der Waals surface area (Å²) in [7, 11) is 1.88. The van der Waals surface area contributed by atoms with Crippen molar-refractivity contribution >= 4 is 0 Å². The van der Waals surface area contributed by atoms with Crippen LogP contribution in [0.2, 0.25) is 0 Å². The average Bonchev–Trinajstić information content (AvgIpc) is 1.89. The van der Waals surface area contributed by atoms with Gasteiger partial charge in [0.2, 0.25) is 0 Å². The molecule has 0 unspecified atom stereocenters. The van der Waals surface area contributed by atoms with Crippen molar-refractivity contribution in [2.24, 2.45) is 0 Å². The van der Waals surface area contributed by atoms with Gasteiger partial charge in [-0.2, -0.15) is 0 Å². The van der Waals surface area contributed by atoms with Gasteiger partial charge in [0.1, 0.15) is 0 Å². The normalized spacial score (nSPS) is 9.50. The SMILES string of the molecule is C=CC(/C=C\NC)=C(C)C. The van der Waals surface area contributed by atoms with E-state index >= 15 is 0 Å². The third-order valence-corrected chi connectivity index (χ3v) is 1.23. The molecule has 0 heterocycles. The van der Waals surface area contributed by atoms with E-state index in [1.807, 2.05) is 25.4 Å². The van der Waals surface area contributed by atoms with Crippen LogP contribution in [0.4, 0.5) is 0 Å². The maximum Gasteiger partial charge on any atom is 0.00277 e. The lowest BCUT2D eigenvalue weighted by atomic mass is 10.1. The summed E-state index contributed by atoms with van der Waals surface area (Å²) in [6.07, 6.45) is 5.75. The standard InChI is InChI=1S/C9H15N/c1-5-9(8(2)3)6-7-10-4/h5-7,10H,1H2,2-4H3/b7-6-. The highest BCUT2D eigenvalue weighted by Crippen LogP contribution is 2.04.